The van der Waals surface area contributed by atoms with Gasteiger partial charge in [0.1, 0.15) is 5.75 Å². The fourth-order valence-corrected chi connectivity index (χ4v) is 4.16. The van der Waals surface area contributed by atoms with Crippen LogP contribution in [0.2, 0.25) is 0 Å². The Morgan fingerprint density at radius 2 is 1.76 bits per heavy atom. The quantitative estimate of drug-likeness (QED) is 0.119. The molecule has 4 heterocycles. The number of aliphatic hydroxyl groups excluding tert-OH is 1. The predicted molar refractivity (Wildman–Crippen MR) is 148 cm³/mol. The van der Waals surface area contributed by atoms with Crippen molar-refractivity contribution < 1.29 is 34.7 Å². The van der Waals surface area contributed by atoms with Crippen LogP contribution in [0, 0.1) is 24.8 Å². The van der Waals surface area contributed by atoms with Crippen LogP contribution in [0.3, 0.4) is 0 Å². The minimum Gasteiger partial charge on any atom is -0.512 e. The monoisotopic (exact) mass is 689 g/mol. The summed E-state index contributed by atoms with van der Waals surface area (Å²) in [6.07, 6.45) is 4.98. The Hall–Kier alpha value is -3.15. The SMILES string of the molecule is CC(C)C(=O)/C=C(\O)C(C)C.Cc1cnc2c3c(ccc(C(C)(C)C)c13)Oc1nc3ncccc3[c-]c1-2.[Ir]. The van der Waals surface area contributed by atoms with E-state index in [-0.39, 0.29) is 48.9 Å². The topological polar surface area (TPSA) is 85.2 Å². The zero-order valence-electron chi connectivity index (χ0n) is 23.1. The average Bonchev–Trinajstić information content (AvgIpc) is 2.84. The first-order valence-corrected chi connectivity index (χ1v) is 12.6. The second kappa shape index (κ2) is 11.3. The van der Waals surface area contributed by atoms with Gasteiger partial charge in [-0.15, -0.1) is 12.1 Å². The molecule has 0 fully saturated rings. The molecule has 7 heteroatoms. The molecule has 201 valence electrons. The normalized spacial score (nSPS) is 12.5. The number of ketones is 1. The second-order valence-corrected chi connectivity index (χ2v) is 11.1. The maximum Gasteiger partial charge on any atom is 0.161 e. The minimum atomic E-state index is -0.0316. The van der Waals surface area contributed by atoms with Crippen molar-refractivity contribution in [3.05, 3.63) is 65.7 Å². The van der Waals surface area contributed by atoms with Crippen molar-refractivity contribution in [2.24, 2.45) is 11.8 Å². The van der Waals surface area contributed by atoms with E-state index in [1.54, 1.807) is 6.20 Å². The molecule has 0 spiro atoms. The molecule has 1 aliphatic heterocycles. The zero-order chi connectivity index (χ0) is 27.1. The first kappa shape index (κ1) is 29.4. The molecule has 0 atom stereocenters. The number of pyridine rings is 3. The van der Waals surface area contributed by atoms with Gasteiger partial charge in [0, 0.05) is 61.5 Å². The Kier molecular flexibility index (Phi) is 8.75. The molecule has 1 radical (unpaired) electrons. The Labute approximate surface area is 237 Å². The molecule has 0 saturated heterocycles. The van der Waals surface area contributed by atoms with Gasteiger partial charge in [0.05, 0.1) is 11.4 Å². The van der Waals surface area contributed by atoms with Crippen molar-refractivity contribution in [1.82, 2.24) is 15.0 Å². The van der Waals surface area contributed by atoms with E-state index < -0.39 is 0 Å². The van der Waals surface area contributed by atoms with Crippen LogP contribution in [0.1, 0.15) is 59.6 Å². The molecule has 38 heavy (non-hydrogen) atoms. The second-order valence-electron chi connectivity index (χ2n) is 11.1. The fourth-order valence-electron chi connectivity index (χ4n) is 4.16. The van der Waals surface area contributed by atoms with E-state index in [9.17, 15) is 9.90 Å². The number of hydrogen-bond acceptors (Lipinski definition) is 6. The van der Waals surface area contributed by atoms with Crippen molar-refractivity contribution in [1.29, 1.82) is 0 Å². The van der Waals surface area contributed by atoms with Crippen LogP contribution in [-0.2, 0) is 30.3 Å². The maximum absolute atomic E-state index is 11.0. The first-order chi connectivity index (χ1) is 17.4. The number of aliphatic hydroxyl groups is 1. The molecular formula is C31H34IrN3O3-. The van der Waals surface area contributed by atoms with Gasteiger partial charge >= 0.3 is 0 Å². The van der Waals surface area contributed by atoms with Gasteiger partial charge in [-0.2, -0.15) is 0 Å². The molecule has 4 aromatic rings. The van der Waals surface area contributed by atoms with Crippen molar-refractivity contribution >= 4 is 27.6 Å². The van der Waals surface area contributed by atoms with Crippen LogP contribution >= 0.6 is 0 Å². The van der Waals surface area contributed by atoms with E-state index in [0.29, 0.717) is 11.5 Å². The molecule has 5 rings (SSSR count). The number of hydrogen-bond donors (Lipinski definition) is 1. The summed E-state index contributed by atoms with van der Waals surface area (Å²) in [6.45, 7) is 16.1. The third-order valence-corrected chi connectivity index (χ3v) is 6.36. The third-order valence-electron chi connectivity index (χ3n) is 6.36. The van der Waals surface area contributed by atoms with Gasteiger partial charge in [0.25, 0.3) is 0 Å². The molecule has 0 saturated carbocycles. The van der Waals surface area contributed by atoms with Gasteiger partial charge in [-0.25, -0.2) is 0 Å². The Morgan fingerprint density at radius 1 is 1.05 bits per heavy atom. The molecule has 0 unspecified atom stereocenters. The summed E-state index contributed by atoms with van der Waals surface area (Å²) in [5.74, 6) is 1.47. The van der Waals surface area contributed by atoms with Crippen molar-refractivity contribution in [3.63, 3.8) is 0 Å². The van der Waals surface area contributed by atoms with Crippen LogP contribution in [0.5, 0.6) is 11.6 Å². The maximum atomic E-state index is 11.0. The Balaban J connectivity index is 0.000000287. The van der Waals surface area contributed by atoms with Crippen molar-refractivity contribution in [2.45, 2.75) is 60.8 Å². The number of ether oxygens (including phenoxy) is 1. The average molecular weight is 689 g/mol. The van der Waals surface area contributed by atoms with Gasteiger partial charge < -0.3 is 9.84 Å². The minimum absolute atomic E-state index is 0. The van der Waals surface area contributed by atoms with E-state index in [4.69, 9.17) is 9.72 Å². The predicted octanol–water partition coefficient (Wildman–Crippen LogP) is 7.66. The number of carbonyl (C=O) groups excluding carboxylic acids is 1. The molecular weight excluding hydrogens is 655 g/mol. The van der Waals surface area contributed by atoms with E-state index in [1.807, 2.05) is 52.1 Å². The largest absolute Gasteiger partial charge is 0.512 e. The van der Waals surface area contributed by atoms with Crippen LogP contribution < -0.4 is 4.74 Å². The van der Waals surface area contributed by atoms with Crippen LogP contribution in [0.4, 0.5) is 0 Å². The summed E-state index contributed by atoms with van der Waals surface area (Å²) in [6, 6.07) is 11.4. The number of carbonyl (C=O) groups is 1. The summed E-state index contributed by atoms with van der Waals surface area (Å²) in [5.41, 5.74) is 4.78. The van der Waals surface area contributed by atoms with Gasteiger partial charge in [-0.05, 0) is 40.5 Å². The number of rotatable bonds is 3. The summed E-state index contributed by atoms with van der Waals surface area (Å²) in [7, 11) is 0. The molecule has 6 nitrogen and oxygen atoms in total. The number of aromatic nitrogens is 3. The Morgan fingerprint density at radius 3 is 2.39 bits per heavy atom. The van der Waals surface area contributed by atoms with Crippen molar-refractivity contribution in [3.8, 4) is 22.9 Å². The summed E-state index contributed by atoms with van der Waals surface area (Å²) >= 11 is 0. The van der Waals surface area contributed by atoms with Crippen LogP contribution in [0.15, 0.2) is 48.5 Å². The molecule has 0 aliphatic carbocycles. The van der Waals surface area contributed by atoms with Crippen LogP contribution in [0.25, 0.3) is 33.1 Å². The molecule has 3 aromatic heterocycles. The standard InChI is InChI=1S/C22H18N3O.C9H16O2.Ir/c1-12-11-24-19-14-10-13-6-5-9-23-20(13)25-21(14)26-16-8-7-15(22(2,3)4)17(12)18(16)19;1-6(2)8(10)5-9(11)7(3)4;/h5-9,11H,1-4H3;5-7,10H,1-4H3;/q-1;;/b;8-5-;. The van der Waals surface area contributed by atoms with E-state index >= 15 is 0 Å². The number of allylic oxidation sites excluding steroid dienone is 2. The Bertz CT molecular complexity index is 1540. The van der Waals surface area contributed by atoms with Gasteiger partial charge in [-0.1, -0.05) is 66.0 Å². The van der Waals surface area contributed by atoms with E-state index in [2.05, 4.69) is 49.8 Å². The van der Waals surface area contributed by atoms with Crippen molar-refractivity contribution in [2.75, 3.05) is 0 Å². The third kappa shape index (κ3) is 5.79. The van der Waals surface area contributed by atoms with E-state index in [1.165, 1.54) is 17.0 Å². The summed E-state index contributed by atoms with van der Waals surface area (Å²) in [5, 5.41) is 12.3. The molecule has 0 bridgehead atoms. The molecule has 1 N–H and O–H groups in total. The van der Waals surface area contributed by atoms with E-state index in [0.717, 1.165) is 33.3 Å². The molecule has 1 aliphatic rings. The summed E-state index contributed by atoms with van der Waals surface area (Å²) < 4.78 is 6.16. The fraction of sp³-hybridized carbons (Fsp3) is 0.355. The van der Waals surface area contributed by atoms with Gasteiger partial charge in [0.15, 0.2) is 11.7 Å². The number of nitrogens with zero attached hydrogens (tertiary/aromatic N) is 3. The van der Waals surface area contributed by atoms with Gasteiger partial charge in [0.2, 0.25) is 0 Å². The van der Waals surface area contributed by atoms with Gasteiger partial charge in [-0.3, -0.25) is 19.7 Å². The first-order valence-electron chi connectivity index (χ1n) is 12.6. The van der Waals surface area contributed by atoms with Crippen LogP contribution in [-0.4, -0.2) is 25.8 Å². The number of fused-ring (bicyclic) bond motifs is 3. The zero-order valence-corrected chi connectivity index (χ0v) is 25.5. The number of aryl methyl sites for hydroxylation is 1. The summed E-state index contributed by atoms with van der Waals surface area (Å²) in [4.78, 5) is 24.7. The molecule has 1 aromatic carbocycles. The molecule has 0 amide bonds. The smallest absolute Gasteiger partial charge is 0.161 e. The number of benzene rings is 1.